The monoisotopic (exact) mass is 243 g/mol. The smallest absolute Gasteiger partial charge is 0.148 e. The van der Waals surface area contributed by atoms with Crippen LogP contribution in [0.15, 0.2) is 24.5 Å². The van der Waals surface area contributed by atoms with Crippen LogP contribution >= 0.6 is 0 Å². The molecule has 0 aliphatic heterocycles. The first-order chi connectivity index (χ1) is 8.60. The van der Waals surface area contributed by atoms with E-state index in [0.717, 1.165) is 11.4 Å². The number of rotatable bonds is 4. The van der Waals surface area contributed by atoms with E-state index in [1.807, 2.05) is 40.8 Å². The Balaban J connectivity index is 2.00. The molecule has 5 heteroatoms. The second-order valence-electron chi connectivity index (χ2n) is 4.58. The average Bonchev–Trinajstić information content (AvgIpc) is 2.92. The summed E-state index contributed by atoms with van der Waals surface area (Å²) in [6, 6.07) is 6.35. The summed E-state index contributed by atoms with van der Waals surface area (Å²) >= 11 is 0. The Morgan fingerprint density at radius 1 is 1.50 bits per heavy atom. The van der Waals surface area contributed by atoms with Gasteiger partial charge >= 0.3 is 0 Å². The number of anilines is 1. The molecule has 0 spiro atoms. The molecule has 2 aromatic rings. The Labute approximate surface area is 107 Å². The lowest BCUT2D eigenvalue weighted by Gasteiger charge is -2.04. The molecule has 2 rings (SSSR count). The van der Waals surface area contributed by atoms with Crippen molar-refractivity contribution in [3.8, 4) is 6.07 Å². The Bertz CT molecular complexity index is 570. The van der Waals surface area contributed by atoms with Gasteiger partial charge in [-0.2, -0.15) is 10.4 Å². The lowest BCUT2D eigenvalue weighted by molar-refractivity contribution is 0.534. The van der Waals surface area contributed by atoms with Crippen molar-refractivity contribution in [2.24, 2.45) is 7.05 Å². The van der Waals surface area contributed by atoms with Crippen LogP contribution in [-0.2, 0) is 13.6 Å². The van der Waals surface area contributed by atoms with Crippen LogP contribution in [0.2, 0.25) is 0 Å². The second kappa shape index (κ2) is 4.96. The molecule has 0 amide bonds. The average molecular weight is 243 g/mol. The molecule has 0 unspecified atom stereocenters. The second-order valence-corrected chi connectivity index (χ2v) is 4.58. The quantitative estimate of drug-likeness (QED) is 0.896. The molecule has 0 atom stereocenters. The SMILES string of the molecule is CC(C)n1ccc(NCc2cc(C#N)n(C)c2)n1. The standard InChI is InChI=1S/C13H17N5/c1-10(2)18-5-4-13(16-18)15-8-11-6-12(7-14)17(3)9-11/h4-6,9-10H,8H2,1-3H3,(H,15,16). The van der Waals surface area contributed by atoms with Crippen molar-refractivity contribution in [3.05, 3.63) is 35.8 Å². The van der Waals surface area contributed by atoms with E-state index in [1.54, 1.807) is 0 Å². The summed E-state index contributed by atoms with van der Waals surface area (Å²) in [6.45, 7) is 4.85. The molecule has 2 heterocycles. The minimum Gasteiger partial charge on any atom is -0.364 e. The van der Waals surface area contributed by atoms with E-state index in [4.69, 9.17) is 5.26 Å². The maximum Gasteiger partial charge on any atom is 0.148 e. The highest BCUT2D eigenvalue weighted by Gasteiger charge is 2.04. The van der Waals surface area contributed by atoms with Gasteiger partial charge in [0, 0.05) is 38.1 Å². The number of nitriles is 1. The predicted molar refractivity (Wildman–Crippen MR) is 70.1 cm³/mol. The Morgan fingerprint density at radius 2 is 2.28 bits per heavy atom. The third-order valence-corrected chi connectivity index (χ3v) is 2.79. The van der Waals surface area contributed by atoms with Gasteiger partial charge in [0.25, 0.3) is 0 Å². The van der Waals surface area contributed by atoms with Crippen molar-refractivity contribution in [2.45, 2.75) is 26.4 Å². The maximum absolute atomic E-state index is 8.87. The molecular weight excluding hydrogens is 226 g/mol. The van der Waals surface area contributed by atoms with Crippen LogP contribution in [0.4, 0.5) is 5.82 Å². The van der Waals surface area contributed by atoms with Crippen molar-refractivity contribution >= 4 is 5.82 Å². The number of hydrogen-bond acceptors (Lipinski definition) is 3. The summed E-state index contributed by atoms with van der Waals surface area (Å²) in [5, 5.41) is 16.5. The van der Waals surface area contributed by atoms with Crippen molar-refractivity contribution in [3.63, 3.8) is 0 Å². The van der Waals surface area contributed by atoms with Gasteiger partial charge in [0.1, 0.15) is 17.6 Å². The van der Waals surface area contributed by atoms with Crippen LogP contribution in [0.3, 0.4) is 0 Å². The van der Waals surface area contributed by atoms with Crippen LogP contribution in [-0.4, -0.2) is 14.3 Å². The van der Waals surface area contributed by atoms with Gasteiger partial charge in [-0.05, 0) is 25.5 Å². The van der Waals surface area contributed by atoms with E-state index in [-0.39, 0.29) is 0 Å². The summed E-state index contributed by atoms with van der Waals surface area (Å²) in [5.41, 5.74) is 1.74. The summed E-state index contributed by atoms with van der Waals surface area (Å²) < 4.78 is 3.73. The van der Waals surface area contributed by atoms with Crippen molar-refractivity contribution < 1.29 is 0 Å². The molecule has 0 saturated heterocycles. The van der Waals surface area contributed by atoms with Crippen LogP contribution in [0.25, 0.3) is 0 Å². The highest BCUT2D eigenvalue weighted by molar-refractivity contribution is 5.36. The Morgan fingerprint density at radius 3 is 2.83 bits per heavy atom. The number of nitrogens with one attached hydrogen (secondary N) is 1. The molecule has 2 aromatic heterocycles. The van der Waals surface area contributed by atoms with Crippen LogP contribution in [0.1, 0.15) is 31.1 Å². The van der Waals surface area contributed by atoms with Crippen molar-refractivity contribution in [2.75, 3.05) is 5.32 Å². The van der Waals surface area contributed by atoms with Gasteiger partial charge in [0.2, 0.25) is 0 Å². The molecular formula is C13H17N5. The van der Waals surface area contributed by atoms with Crippen molar-refractivity contribution in [1.82, 2.24) is 14.3 Å². The Hall–Kier alpha value is -2.22. The lowest BCUT2D eigenvalue weighted by Crippen LogP contribution is -2.03. The van der Waals surface area contributed by atoms with Gasteiger partial charge < -0.3 is 9.88 Å². The van der Waals surface area contributed by atoms with E-state index in [1.165, 1.54) is 0 Å². The van der Waals surface area contributed by atoms with Crippen LogP contribution in [0.5, 0.6) is 0 Å². The van der Waals surface area contributed by atoms with Gasteiger partial charge in [0.15, 0.2) is 0 Å². The first-order valence-electron chi connectivity index (χ1n) is 5.94. The molecule has 0 fully saturated rings. The van der Waals surface area contributed by atoms with Gasteiger partial charge in [-0.15, -0.1) is 0 Å². The largest absolute Gasteiger partial charge is 0.364 e. The third kappa shape index (κ3) is 2.54. The number of nitrogens with zero attached hydrogens (tertiary/aromatic N) is 4. The zero-order chi connectivity index (χ0) is 13.1. The normalized spacial score (nSPS) is 10.6. The summed E-state index contributed by atoms with van der Waals surface area (Å²) in [5.74, 6) is 0.853. The van der Waals surface area contributed by atoms with Crippen LogP contribution in [0, 0.1) is 11.3 Å². The molecule has 18 heavy (non-hydrogen) atoms. The molecule has 94 valence electrons. The maximum atomic E-state index is 8.87. The zero-order valence-corrected chi connectivity index (χ0v) is 10.9. The van der Waals surface area contributed by atoms with E-state index in [2.05, 4.69) is 30.3 Å². The first-order valence-corrected chi connectivity index (χ1v) is 5.94. The fraction of sp³-hybridized carbons (Fsp3) is 0.385. The lowest BCUT2D eigenvalue weighted by atomic mass is 10.3. The molecule has 0 saturated carbocycles. The van der Waals surface area contributed by atoms with Gasteiger partial charge in [-0.3, -0.25) is 4.68 Å². The number of hydrogen-bond donors (Lipinski definition) is 1. The molecule has 0 aliphatic rings. The minimum atomic E-state index is 0.363. The molecule has 0 bridgehead atoms. The highest BCUT2D eigenvalue weighted by atomic mass is 15.3. The molecule has 0 aliphatic carbocycles. The number of aryl methyl sites for hydroxylation is 1. The highest BCUT2D eigenvalue weighted by Crippen LogP contribution is 2.11. The fourth-order valence-corrected chi connectivity index (χ4v) is 1.75. The van der Waals surface area contributed by atoms with E-state index in [9.17, 15) is 0 Å². The molecule has 1 N–H and O–H groups in total. The molecule has 0 aromatic carbocycles. The molecule has 0 radical (unpaired) electrons. The predicted octanol–water partition coefficient (Wildman–Crippen LogP) is 2.29. The molecule has 5 nitrogen and oxygen atoms in total. The van der Waals surface area contributed by atoms with Crippen LogP contribution < -0.4 is 5.32 Å². The van der Waals surface area contributed by atoms with E-state index >= 15 is 0 Å². The fourth-order valence-electron chi connectivity index (χ4n) is 1.75. The summed E-state index contributed by atoms with van der Waals surface area (Å²) in [7, 11) is 1.87. The van der Waals surface area contributed by atoms with Gasteiger partial charge in [-0.1, -0.05) is 0 Å². The minimum absolute atomic E-state index is 0.363. The van der Waals surface area contributed by atoms with Gasteiger partial charge in [-0.25, -0.2) is 0 Å². The van der Waals surface area contributed by atoms with Crippen molar-refractivity contribution in [1.29, 1.82) is 5.26 Å². The Kier molecular flexibility index (Phi) is 3.38. The van der Waals surface area contributed by atoms with Gasteiger partial charge in [0.05, 0.1) is 0 Å². The van der Waals surface area contributed by atoms with E-state index < -0.39 is 0 Å². The first kappa shape index (κ1) is 12.2. The zero-order valence-electron chi connectivity index (χ0n) is 10.9. The summed E-state index contributed by atoms with van der Waals surface area (Å²) in [4.78, 5) is 0. The van der Waals surface area contributed by atoms with E-state index in [0.29, 0.717) is 18.3 Å². The summed E-state index contributed by atoms with van der Waals surface area (Å²) in [6.07, 6.45) is 3.91. The topological polar surface area (TPSA) is 58.6 Å². The third-order valence-electron chi connectivity index (χ3n) is 2.79. The number of aromatic nitrogens is 3.